The van der Waals surface area contributed by atoms with Crippen LogP contribution < -0.4 is 10.6 Å². The lowest BCUT2D eigenvalue weighted by atomic mass is 10.0. The van der Waals surface area contributed by atoms with Gasteiger partial charge in [0.05, 0.1) is 0 Å². The Morgan fingerprint density at radius 1 is 0.939 bits per heavy atom. The molecule has 1 heterocycles. The minimum absolute atomic E-state index is 0.0322. The summed E-state index contributed by atoms with van der Waals surface area (Å²) in [7, 11) is 0. The Morgan fingerprint density at radius 3 is 2.36 bits per heavy atom. The molecule has 0 atom stereocenters. The van der Waals surface area contributed by atoms with Gasteiger partial charge < -0.3 is 15.4 Å². The van der Waals surface area contributed by atoms with Crippen LogP contribution in [0.3, 0.4) is 0 Å². The molecule has 2 N–H and O–H groups in total. The molecule has 0 radical (unpaired) electrons. The number of ether oxygens (including phenoxy) is 1. The fourth-order valence-corrected chi connectivity index (χ4v) is 3.01. The first-order chi connectivity index (χ1) is 15.6. The SMILES string of the molecule is CC(C)(C)OC(=O)NCc1ccccc1-c1nccnc1C(=O)NCc1ccc(F)cc1F. The highest BCUT2D eigenvalue weighted by Gasteiger charge is 2.20. The van der Waals surface area contributed by atoms with Crippen LogP contribution in [0.1, 0.15) is 42.4 Å². The van der Waals surface area contributed by atoms with E-state index >= 15 is 0 Å². The number of nitrogens with one attached hydrogen (secondary N) is 2. The molecule has 2 amide bonds. The minimum Gasteiger partial charge on any atom is -0.444 e. The van der Waals surface area contributed by atoms with E-state index in [0.29, 0.717) is 16.8 Å². The van der Waals surface area contributed by atoms with E-state index in [1.807, 2.05) is 0 Å². The van der Waals surface area contributed by atoms with E-state index in [2.05, 4.69) is 20.6 Å². The molecule has 0 spiro atoms. The number of alkyl carbamates (subject to hydrolysis) is 1. The Kier molecular flexibility index (Phi) is 7.32. The predicted molar refractivity (Wildman–Crippen MR) is 118 cm³/mol. The lowest BCUT2D eigenvalue weighted by molar-refractivity contribution is 0.0523. The van der Waals surface area contributed by atoms with Crippen LogP contribution in [0.25, 0.3) is 11.3 Å². The summed E-state index contributed by atoms with van der Waals surface area (Å²) in [5.74, 6) is -2.03. The van der Waals surface area contributed by atoms with Crippen molar-refractivity contribution >= 4 is 12.0 Å². The lowest BCUT2D eigenvalue weighted by Crippen LogP contribution is -2.32. The van der Waals surface area contributed by atoms with Gasteiger partial charge in [0, 0.05) is 42.7 Å². The van der Waals surface area contributed by atoms with Gasteiger partial charge in [-0.2, -0.15) is 0 Å². The Bertz CT molecular complexity index is 1160. The molecule has 172 valence electrons. The molecule has 9 heteroatoms. The lowest BCUT2D eigenvalue weighted by Gasteiger charge is -2.20. The van der Waals surface area contributed by atoms with Crippen molar-refractivity contribution < 1.29 is 23.1 Å². The Hall–Kier alpha value is -3.88. The molecular weight excluding hydrogens is 430 g/mol. The zero-order chi connectivity index (χ0) is 24.0. The molecule has 0 aliphatic carbocycles. The smallest absolute Gasteiger partial charge is 0.407 e. The van der Waals surface area contributed by atoms with Crippen LogP contribution in [-0.2, 0) is 17.8 Å². The largest absolute Gasteiger partial charge is 0.444 e. The summed E-state index contributed by atoms with van der Waals surface area (Å²) in [5.41, 5.74) is 1.13. The first-order valence-corrected chi connectivity index (χ1v) is 10.2. The van der Waals surface area contributed by atoms with Crippen molar-refractivity contribution in [2.24, 2.45) is 0 Å². The molecule has 0 bridgehead atoms. The number of aromatic nitrogens is 2. The van der Waals surface area contributed by atoms with Gasteiger partial charge in [0.1, 0.15) is 22.9 Å². The third kappa shape index (κ3) is 6.55. The van der Waals surface area contributed by atoms with Gasteiger partial charge in [-0.05, 0) is 32.4 Å². The summed E-state index contributed by atoms with van der Waals surface area (Å²) in [6, 6.07) is 10.2. The molecule has 0 aliphatic rings. The van der Waals surface area contributed by atoms with E-state index < -0.39 is 29.2 Å². The first-order valence-electron chi connectivity index (χ1n) is 10.2. The van der Waals surface area contributed by atoms with Crippen LogP contribution in [0.15, 0.2) is 54.9 Å². The van der Waals surface area contributed by atoms with E-state index in [9.17, 15) is 18.4 Å². The first kappa shape index (κ1) is 23.8. The van der Waals surface area contributed by atoms with E-state index in [-0.39, 0.29) is 24.3 Å². The van der Waals surface area contributed by atoms with Gasteiger partial charge in [-0.3, -0.25) is 9.78 Å². The highest BCUT2D eigenvalue weighted by Crippen LogP contribution is 2.24. The number of hydrogen-bond donors (Lipinski definition) is 2. The maximum atomic E-state index is 13.9. The second kappa shape index (κ2) is 10.2. The van der Waals surface area contributed by atoms with Crippen LogP contribution in [0, 0.1) is 11.6 Å². The van der Waals surface area contributed by atoms with Gasteiger partial charge in [0.25, 0.3) is 5.91 Å². The molecule has 0 saturated carbocycles. The third-order valence-corrected chi connectivity index (χ3v) is 4.46. The summed E-state index contributed by atoms with van der Waals surface area (Å²) < 4.78 is 32.3. The zero-order valence-corrected chi connectivity index (χ0v) is 18.5. The average Bonchev–Trinajstić information content (AvgIpc) is 2.76. The van der Waals surface area contributed by atoms with Crippen LogP contribution in [-0.4, -0.2) is 27.6 Å². The maximum absolute atomic E-state index is 13.9. The van der Waals surface area contributed by atoms with Crippen molar-refractivity contribution in [3.8, 4) is 11.3 Å². The van der Waals surface area contributed by atoms with Crippen LogP contribution in [0.2, 0.25) is 0 Å². The second-order valence-electron chi connectivity index (χ2n) is 8.18. The number of carbonyl (C=O) groups excluding carboxylic acids is 2. The van der Waals surface area contributed by atoms with Crippen molar-refractivity contribution in [2.45, 2.75) is 39.5 Å². The molecule has 33 heavy (non-hydrogen) atoms. The predicted octanol–water partition coefficient (Wildman–Crippen LogP) is 4.38. The number of hydrogen-bond acceptors (Lipinski definition) is 5. The van der Waals surface area contributed by atoms with E-state index in [4.69, 9.17) is 4.74 Å². The van der Waals surface area contributed by atoms with E-state index in [0.717, 1.165) is 12.1 Å². The van der Waals surface area contributed by atoms with Gasteiger partial charge in [-0.15, -0.1) is 0 Å². The number of amides is 2. The van der Waals surface area contributed by atoms with E-state index in [1.54, 1.807) is 45.0 Å². The molecule has 2 aromatic carbocycles. The average molecular weight is 454 g/mol. The Labute approximate surface area is 190 Å². The fourth-order valence-electron chi connectivity index (χ4n) is 3.01. The summed E-state index contributed by atoms with van der Waals surface area (Å²) in [5, 5.41) is 5.28. The Balaban J connectivity index is 1.80. The molecule has 0 aliphatic heterocycles. The van der Waals surface area contributed by atoms with Gasteiger partial charge in [0.15, 0.2) is 5.69 Å². The summed E-state index contributed by atoms with van der Waals surface area (Å²) in [6.07, 6.45) is 2.25. The number of carbonyl (C=O) groups is 2. The standard InChI is InChI=1S/C24H24F2N4O3/c1-24(2,3)33-23(32)30-13-15-6-4-5-7-18(15)20-21(28-11-10-27-20)22(31)29-14-16-8-9-17(25)12-19(16)26/h4-12H,13-14H2,1-3H3,(H,29,31)(H,30,32). The molecule has 7 nitrogen and oxygen atoms in total. The minimum atomic E-state index is -0.756. The zero-order valence-electron chi connectivity index (χ0n) is 18.5. The Morgan fingerprint density at radius 2 is 1.64 bits per heavy atom. The summed E-state index contributed by atoms with van der Waals surface area (Å²) >= 11 is 0. The molecule has 3 aromatic rings. The topological polar surface area (TPSA) is 93.2 Å². The fraction of sp³-hybridized carbons (Fsp3) is 0.250. The summed E-state index contributed by atoms with van der Waals surface area (Å²) in [4.78, 5) is 33.3. The molecule has 0 unspecified atom stereocenters. The molecule has 0 fully saturated rings. The van der Waals surface area contributed by atoms with E-state index in [1.165, 1.54) is 18.5 Å². The second-order valence-corrected chi connectivity index (χ2v) is 8.18. The number of benzene rings is 2. The number of nitrogens with zero attached hydrogens (tertiary/aromatic N) is 2. The van der Waals surface area contributed by atoms with Crippen molar-refractivity contribution in [1.82, 2.24) is 20.6 Å². The van der Waals surface area contributed by atoms with Crippen LogP contribution >= 0.6 is 0 Å². The maximum Gasteiger partial charge on any atom is 0.407 e. The highest BCUT2D eigenvalue weighted by atomic mass is 19.1. The van der Waals surface area contributed by atoms with Crippen molar-refractivity contribution in [3.05, 3.63) is 83.3 Å². The number of rotatable bonds is 6. The van der Waals surface area contributed by atoms with Crippen molar-refractivity contribution in [2.75, 3.05) is 0 Å². The van der Waals surface area contributed by atoms with Gasteiger partial charge in [-0.25, -0.2) is 18.6 Å². The molecular formula is C24H24F2N4O3. The normalized spacial score (nSPS) is 11.1. The van der Waals surface area contributed by atoms with Crippen molar-refractivity contribution in [3.63, 3.8) is 0 Å². The van der Waals surface area contributed by atoms with Crippen molar-refractivity contribution in [1.29, 1.82) is 0 Å². The molecule has 0 saturated heterocycles. The molecule has 3 rings (SSSR count). The monoisotopic (exact) mass is 454 g/mol. The summed E-state index contributed by atoms with van der Waals surface area (Å²) in [6.45, 7) is 5.29. The quantitative estimate of drug-likeness (QED) is 0.577. The number of halogens is 2. The van der Waals surface area contributed by atoms with Gasteiger partial charge in [-0.1, -0.05) is 30.3 Å². The van der Waals surface area contributed by atoms with Crippen LogP contribution in [0.5, 0.6) is 0 Å². The third-order valence-electron chi connectivity index (χ3n) is 4.46. The van der Waals surface area contributed by atoms with Crippen LogP contribution in [0.4, 0.5) is 13.6 Å². The van der Waals surface area contributed by atoms with Gasteiger partial charge >= 0.3 is 6.09 Å². The highest BCUT2D eigenvalue weighted by molar-refractivity contribution is 5.98. The van der Waals surface area contributed by atoms with Gasteiger partial charge in [0.2, 0.25) is 0 Å². The molecule has 1 aromatic heterocycles.